The lowest BCUT2D eigenvalue weighted by Crippen LogP contribution is -2.46. The van der Waals surface area contributed by atoms with E-state index in [2.05, 4.69) is 9.88 Å². The molecule has 122 valence electrons. The van der Waals surface area contributed by atoms with E-state index in [1.165, 1.54) is 0 Å². The van der Waals surface area contributed by atoms with Gasteiger partial charge in [0, 0.05) is 56.4 Å². The number of piperazine rings is 1. The van der Waals surface area contributed by atoms with Gasteiger partial charge >= 0.3 is 0 Å². The number of nitrogens with zero attached hydrogens (tertiary/aromatic N) is 3. The van der Waals surface area contributed by atoms with Crippen LogP contribution in [0.1, 0.15) is 11.1 Å². The molecular formula is C17H18F3N3. The van der Waals surface area contributed by atoms with Crippen LogP contribution in [0.5, 0.6) is 0 Å². The number of benzene rings is 1. The summed E-state index contributed by atoms with van der Waals surface area (Å²) in [6.07, 6.45) is 3.57. The fourth-order valence-corrected chi connectivity index (χ4v) is 2.91. The van der Waals surface area contributed by atoms with Gasteiger partial charge in [-0.15, -0.1) is 0 Å². The first kappa shape index (κ1) is 15.8. The van der Waals surface area contributed by atoms with Gasteiger partial charge in [0.2, 0.25) is 0 Å². The van der Waals surface area contributed by atoms with E-state index in [0.29, 0.717) is 13.1 Å². The van der Waals surface area contributed by atoms with Crippen molar-refractivity contribution in [2.45, 2.75) is 13.5 Å². The maximum atomic E-state index is 13.8. The lowest BCUT2D eigenvalue weighted by Gasteiger charge is -2.36. The maximum Gasteiger partial charge on any atom is 0.166 e. The van der Waals surface area contributed by atoms with Gasteiger partial charge in [-0.05, 0) is 30.7 Å². The molecule has 0 bridgehead atoms. The van der Waals surface area contributed by atoms with Gasteiger partial charge in [0.25, 0.3) is 0 Å². The van der Waals surface area contributed by atoms with Gasteiger partial charge in [-0.3, -0.25) is 9.88 Å². The first-order chi connectivity index (χ1) is 11.1. The zero-order valence-corrected chi connectivity index (χ0v) is 12.9. The van der Waals surface area contributed by atoms with Crippen LogP contribution in [0.4, 0.5) is 18.9 Å². The molecule has 2 heterocycles. The summed E-state index contributed by atoms with van der Waals surface area (Å²) in [5.74, 6) is -2.79. The summed E-state index contributed by atoms with van der Waals surface area (Å²) in [6.45, 7) is 4.92. The van der Waals surface area contributed by atoms with Crippen LogP contribution in [0, 0.1) is 24.4 Å². The predicted octanol–water partition coefficient (Wildman–Crippen LogP) is 3.13. The minimum absolute atomic E-state index is 0.0819. The molecule has 23 heavy (non-hydrogen) atoms. The Labute approximate surface area is 133 Å². The number of pyridine rings is 1. The van der Waals surface area contributed by atoms with Crippen LogP contribution in [-0.2, 0) is 6.54 Å². The summed E-state index contributed by atoms with van der Waals surface area (Å²) >= 11 is 0. The monoisotopic (exact) mass is 321 g/mol. The van der Waals surface area contributed by atoms with Crippen molar-refractivity contribution in [3.05, 3.63) is 59.2 Å². The second-order valence-electron chi connectivity index (χ2n) is 5.75. The molecule has 0 spiro atoms. The molecule has 0 amide bonds. The van der Waals surface area contributed by atoms with Crippen LogP contribution in [0.25, 0.3) is 0 Å². The summed E-state index contributed by atoms with van der Waals surface area (Å²) < 4.78 is 40.7. The lowest BCUT2D eigenvalue weighted by atomic mass is 10.1. The van der Waals surface area contributed by atoms with Gasteiger partial charge in [-0.25, -0.2) is 13.2 Å². The number of anilines is 1. The van der Waals surface area contributed by atoms with Crippen molar-refractivity contribution >= 4 is 5.69 Å². The van der Waals surface area contributed by atoms with Gasteiger partial charge in [0.15, 0.2) is 11.6 Å². The molecule has 1 saturated heterocycles. The molecule has 3 nitrogen and oxygen atoms in total. The Morgan fingerprint density at radius 3 is 2.39 bits per heavy atom. The summed E-state index contributed by atoms with van der Waals surface area (Å²) in [5.41, 5.74) is 2.03. The Hall–Kier alpha value is -2.08. The minimum Gasteiger partial charge on any atom is -0.369 e. The Morgan fingerprint density at radius 2 is 1.70 bits per heavy atom. The van der Waals surface area contributed by atoms with E-state index in [1.54, 1.807) is 6.20 Å². The van der Waals surface area contributed by atoms with E-state index >= 15 is 0 Å². The van der Waals surface area contributed by atoms with Crippen LogP contribution in [0.2, 0.25) is 0 Å². The SMILES string of the molecule is Cc1cnccc1N1CCN(Cc2c(F)ccc(F)c2F)CC1. The number of hydrogen-bond acceptors (Lipinski definition) is 3. The van der Waals surface area contributed by atoms with Gasteiger partial charge in [-0.1, -0.05) is 0 Å². The molecule has 1 aliphatic rings. The van der Waals surface area contributed by atoms with Crippen molar-refractivity contribution < 1.29 is 13.2 Å². The molecule has 0 aliphatic carbocycles. The van der Waals surface area contributed by atoms with Crippen LogP contribution in [0.3, 0.4) is 0 Å². The average molecular weight is 321 g/mol. The third-order valence-corrected chi connectivity index (χ3v) is 4.22. The smallest absolute Gasteiger partial charge is 0.166 e. The molecule has 1 aromatic carbocycles. The Bertz CT molecular complexity index is 697. The number of aromatic nitrogens is 1. The molecular weight excluding hydrogens is 303 g/mol. The van der Waals surface area contributed by atoms with Crippen molar-refractivity contribution in [2.75, 3.05) is 31.1 Å². The number of aryl methyl sites for hydroxylation is 1. The van der Waals surface area contributed by atoms with E-state index < -0.39 is 17.5 Å². The van der Waals surface area contributed by atoms with E-state index in [9.17, 15) is 13.2 Å². The molecule has 0 unspecified atom stereocenters. The fourth-order valence-electron chi connectivity index (χ4n) is 2.91. The highest BCUT2D eigenvalue weighted by Gasteiger charge is 2.22. The van der Waals surface area contributed by atoms with Crippen molar-refractivity contribution in [2.24, 2.45) is 0 Å². The molecule has 1 aromatic heterocycles. The van der Waals surface area contributed by atoms with Crippen LogP contribution in [0.15, 0.2) is 30.6 Å². The first-order valence-electron chi connectivity index (χ1n) is 7.56. The fraction of sp³-hybridized carbons (Fsp3) is 0.353. The van der Waals surface area contributed by atoms with E-state index in [0.717, 1.165) is 36.5 Å². The zero-order chi connectivity index (χ0) is 16.4. The molecule has 6 heteroatoms. The minimum atomic E-state index is -1.09. The second kappa shape index (κ2) is 6.58. The van der Waals surface area contributed by atoms with Crippen molar-refractivity contribution in [3.8, 4) is 0 Å². The summed E-state index contributed by atoms with van der Waals surface area (Å²) in [4.78, 5) is 8.25. The predicted molar refractivity (Wildman–Crippen MR) is 82.8 cm³/mol. The molecule has 0 N–H and O–H groups in total. The molecule has 2 aromatic rings. The highest BCUT2D eigenvalue weighted by molar-refractivity contribution is 5.51. The quantitative estimate of drug-likeness (QED) is 0.810. The Morgan fingerprint density at radius 1 is 1.00 bits per heavy atom. The van der Waals surface area contributed by atoms with Crippen molar-refractivity contribution in [1.82, 2.24) is 9.88 Å². The van der Waals surface area contributed by atoms with Crippen LogP contribution >= 0.6 is 0 Å². The van der Waals surface area contributed by atoms with Gasteiger partial charge in [0.05, 0.1) is 0 Å². The average Bonchev–Trinajstić information content (AvgIpc) is 2.56. The summed E-state index contributed by atoms with van der Waals surface area (Å²) in [5, 5.41) is 0. The van der Waals surface area contributed by atoms with Crippen LogP contribution < -0.4 is 4.90 Å². The third kappa shape index (κ3) is 3.32. The van der Waals surface area contributed by atoms with Gasteiger partial charge < -0.3 is 4.90 Å². The second-order valence-corrected chi connectivity index (χ2v) is 5.75. The topological polar surface area (TPSA) is 19.4 Å². The van der Waals surface area contributed by atoms with E-state index in [1.807, 2.05) is 24.1 Å². The number of rotatable bonds is 3. The number of hydrogen-bond donors (Lipinski definition) is 0. The van der Waals surface area contributed by atoms with Gasteiger partial charge in [-0.2, -0.15) is 0 Å². The molecule has 1 fully saturated rings. The highest BCUT2D eigenvalue weighted by Crippen LogP contribution is 2.22. The summed E-state index contributed by atoms with van der Waals surface area (Å²) in [6, 6.07) is 3.76. The zero-order valence-electron chi connectivity index (χ0n) is 12.9. The standard InChI is InChI=1S/C17H18F3N3/c1-12-10-21-5-4-16(12)23-8-6-22(7-9-23)11-13-14(18)2-3-15(19)17(13)20/h2-5,10H,6-9,11H2,1H3. The van der Waals surface area contributed by atoms with Crippen LogP contribution in [-0.4, -0.2) is 36.1 Å². The molecule has 3 rings (SSSR count). The van der Waals surface area contributed by atoms with E-state index in [4.69, 9.17) is 0 Å². The molecule has 0 atom stereocenters. The van der Waals surface area contributed by atoms with E-state index in [-0.39, 0.29) is 12.1 Å². The van der Waals surface area contributed by atoms with Gasteiger partial charge in [0.1, 0.15) is 5.82 Å². The Balaban J connectivity index is 1.66. The first-order valence-corrected chi connectivity index (χ1v) is 7.56. The highest BCUT2D eigenvalue weighted by atomic mass is 19.2. The molecule has 1 aliphatic heterocycles. The Kier molecular flexibility index (Phi) is 4.52. The summed E-state index contributed by atoms with van der Waals surface area (Å²) in [7, 11) is 0. The lowest BCUT2D eigenvalue weighted by molar-refractivity contribution is 0.241. The molecule has 0 saturated carbocycles. The van der Waals surface area contributed by atoms with Crippen molar-refractivity contribution in [1.29, 1.82) is 0 Å². The largest absolute Gasteiger partial charge is 0.369 e. The normalized spacial score (nSPS) is 15.9. The third-order valence-electron chi connectivity index (χ3n) is 4.22. The molecule has 0 radical (unpaired) electrons. The number of halogens is 3. The maximum absolute atomic E-state index is 13.8. The van der Waals surface area contributed by atoms with Crippen molar-refractivity contribution in [3.63, 3.8) is 0 Å².